The molecule has 4 nitrogen and oxygen atoms in total. The first-order valence-electron chi connectivity index (χ1n) is 1.34. The van der Waals surface area contributed by atoms with Gasteiger partial charge in [-0.2, -0.15) is 15.3 Å². The van der Waals surface area contributed by atoms with Crippen LogP contribution < -0.4 is 18.9 Å². The smallest absolute Gasteiger partial charge is 0.345 e. The number of hydrogen-bond acceptors (Lipinski definition) is 2. The van der Waals surface area contributed by atoms with Gasteiger partial charge >= 0.3 is 29.3 Å². The Bertz CT molecular complexity index is 157. The standard InChI is InChI=1S/C3H3.Li.H2O4S/c1-3-2;;1-5(2,3)4/h1H,2H2;;(H2,1,2,3,4)/q-1;+1;. The average Bonchev–Trinajstić information content (AvgIpc) is 1.27. The Morgan fingerprint density at radius 3 is 1.44 bits per heavy atom. The molecule has 0 aliphatic rings. The minimum Gasteiger partial charge on any atom is -0.345 e. The molecule has 0 atom stereocenters. The maximum atomic E-state index is 8.74. The molecule has 0 rings (SSSR count). The molecule has 0 aromatic carbocycles. The number of terminal acetylenes is 1. The first-order valence-corrected chi connectivity index (χ1v) is 2.74. The fourth-order valence-electron chi connectivity index (χ4n) is 0. The molecule has 9 heavy (non-hydrogen) atoms. The predicted molar refractivity (Wildman–Crippen MR) is 28.4 cm³/mol. The van der Waals surface area contributed by atoms with E-state index in [1.54, 1.807) is 0 Å². The van der Waals surface area contributed by atoms with Crippen LogP contribution in [0.5, 0.6) is 0 Å². The second kappa shape index (κ2) is 7.90. The molecule has 0 bridgehead atoms. The van der Waals surface area contributed by atoms with Gasteiger partial charge < -0.3 is 12.3 Å². The average molecular weight is 144 g/mol. The van der Waals surface area contributed by atoms with Crippen LogP contribution in [-0.2, 0) is 10.4 Å². The molecule has 0 aliphatic heterocycles. The molecule has 6 heteroatoms. The first kappa shape index (κ1) is 16.0. The molecule has 0 spiro atoms. The van der Waals surface area contributed by atoms with Gasteiger partial charge in [-0.05, 0) is 0 Å². The van der Waals surface area contributed by atoms with Crippen molar-refractivity contribution in [2.45, 2.75) is 0 Å². The molecule has 0 saturated carbocycles. The van der Waals surface area contributed by atoms with Crippen molar-refractivity contribution in [2.75, 3.05) is 0 Å². The number of rotatable bonds is 0. The Morgan fingerprint density at radius 1 is 1.44 bits per heavy atom. The molecule has 48 valence electrons. The minimum absolute atomic E-state index is 0. The quantitative estimate of drug-likeness (QED) is 0.162. The summed E-state index contributed by atoms with van der Waals surface area (Å²) < 4.78 is 31.6. The second-order valence-electron chi connectivity index (χ2n) is 0.652. The van der Waals surface area contributed by atoms with Crippen LogP contribution in [0.4, 0.5) is 0 Å². The zero-order valence-corrected chi connectivity index (χ0v) is 5.72. The molecule has 0 radical (unpaired) electrons. The van der Waals surface area contributed by atoms with Crippen LogP contribution in [0.3, 0.4) is 0 Å². The Labute approximate surface area is 66.4 Å². The van der Waals surface area contributed by atoms with Gasteiger partial charge in [-0.15, -0.1) is 0 Å². The zero-order chi connectivity index (χ0) is 7.21. The van der Waals surface area contributed by atoms with Crippen molar-refractivity contribution in [3.63, 3.8) is 0 Å². The molecule has 0 aliphatic carbocycles. The minimum atomic E-state index is -4.67. The van der Waals surface area contributed by atoms with E-state index in [1.807, 2.05) is 5.92 Å². The van der Waals surface area contributed by atoms with Crippen LogP contribution in [0.25, 0.3) is 0 Å². The van der Waals surface area contributed by atoms with Gasteiger partial charge in [-0.1, -0.05) is 0 Å². The third kappa shape index (κ3) is 26100. The fraction of sp³-hybridized carbons (Fsp3) is 0. The van der Waals surface area contributed by atoms with Crippen molar-refractivity contribution in [3.8, 4) is 12.3 Å². The fourth-order valence-corrected chi connectivity index (χ4v) is 0. The van der Waals surface area contributed by atoms with E-state index in [0.29, 0.717) is 0 Å². The summed E-state index contributed by atoms with van der Waals surface area (Å²) in [7, 11) is -4.67. The van der Waals surface area contributed by atoms with Crippen molar-refractivity contribution in [1.29, 1.82) is 0 Å². The summed E-state index contributed by atoms with van der Waals surface area (Å²) in [6.07, 6.45) is 4.49. The van der Waals surface area contributed by atoms with Crippen molar-refractivity contribution >= 4 is 10.4 Å². The van der Waals surface area contributed by atoms with E-state index in [-0.39, 0.29) is 18.9 Å². The van der Waals surface area contributed by atoms with E-state index < -0.39 is 10.4 Å². The van der Waals surface area contributed by atoms with Gasteiger partial charge in [0.2, 0.25) is 0 Å². The maximum Gasteiger partial charge on any atom is 1.00 e. The van der Waals surface area contributed by atoms with E-state index >= 15 is 0 Å². The monoisotopic (exact) mass is 144 g/mol. The second-order valence-corrected chi connectivity index (χ2v) is 1.55. The summed E-state index contributed by atoms with van der Waals surface area (Å²) in [4.78, 5) is 0. The molecular formula is C3H5LiO4S. The molecular weight excluding hydrogens is 139 g/mol. The largest absolute Gasteiger partial charge is 1.00 e. The van der Waals surface area contributed by atoms with Crippen molar-refractivity contribution in [2.24, 2.45) is 0 Å². The molecule has 0 aromatic heterocycles. The normalized spacial score (nSPS) is 7.22. The Balaban J connectivity index is -0.0000000800. The van der Waals surface area contributed by atoms with Crippen LogP contribution >= 0.6 is 0 Å². The summed E-state index contributed by atoms with van der Waals surface area (Å²) in [5.41, 5.74) is 0. The van der Waals surface area contributed by atoms with Crippen molar-refractivity contribution in [1.82, 2.24) is 0 Å². The van der Waals surface area contributed by atoms with E-state index in [4.69, 9.17) is 17.5 Å². The summed E-state index contributed by atoms with van der Waals surface area (Å²) in [6, 6.07) is 0. The van der Waals surface area contributed by atoms with Gasteiger partial charge in [0.25, 0.3) is 0 Å². The third-order valence-corrected chi connectivity index (χ3v) is 0. The van der Waals surface area contributed by atoms with Crippen LogP contribution in [0.15, 0.2) is 0 Å². The summed E-state index contributed by atoms with van der Waals surface area (Å²) >= 11 is 0. The summed E-state index contributed by atoms with van der Waals surface area (Å²) in [5, 5.41) is 0. The summed E-state index contributed by atoms with van der Waals surface area (Å²) in [6.45, 7) is 3.01. The summed E-state index contributed by atoms with van der Waals surface area (Å²) in [5.74, 6) is 2.00. The molecule has 0 amide bonds. The Morgan fingerprint density at radius 2 is 1.44 bits per heavy atom. The Hall–Kier alpha value is -0.103. The van der Waals surface area contributed by atoms with Gasteiger partial charge in [-0.3, -0.25) is 9.11 Å². The predicted octanol–water partition coefficient (Wildman–Crippen LogP) is -3.20. The van der Waals surface area contributed by atoms with E-state index in [0.717, 1.165) is 0 Å². The molecule has 0 heterocycles. The van der Waals surface area contributed by atoms with Crippen LogP contribution in [0.2, 0.25) is 0 Å². The van der Waals surface area contributed by atoms with Crippen molar-refractivity contribution < 1.29 is 36.4 Å². The van der Waals surface area contributed by atoms with Gasteiger partial charge in [-0.25, -0.2) is 0 Å². The van der Waals surface area contributed by atoms with Gasteiger partial charge in [0, 0.05) is 0 Å². The third-order valence-electron chi connectivity index (χ3n) is 0. The van der Waals surface area contributed by atoms with Crippen LogP contribution in [0.1, 0.15) is 0 Å². The molecule has 0 fully saturated rings. The number of hydrogen-bond donors (Lipinski definition) is 2. The topological polar surface area (TPSA) is 74.6 Å². The molecule has 0 aromatic rings. The van der Waals surface area contributed by atoms with Gasteiger partial charge in [0.1, 0.15) is 0 Å². The molecule has 0 saturated heterocycles. The van der Waals surface area contributed by atoms with E-state index in [1.165, 1.54) is 0 Å². The first-order chi connectivity index (χ1) is 3.41. The SMILES string of the molecule is C#C[CH2-].O=S(=O)(O)O.[Li+]. The maximum absolute atomic E-state index is 8.74. The van der Waals surface area contributed by atoms with Gasteiger partial charge in [0.15, 0.2) is 0 Å². The molecule has 0 unspecified atom stereocenters. The van der Waals surface area contributed by atoms with Gasteiger partial charge in [0.05, 0.1) is 0 Å². The van der Waals surface area contributed by atoms with Crippen LogP contribution in [-0.4, -0.2) is 17.5 Å². The van der Waals surface area contributed by atoms with E-state index in [9.17, 15) is 0 Å². The molecule has 2 N–H and O–H groups in total. The van der Waals surface area contributed by atoms with E-state index in [2.05, 4.69) is 13.3 Å². The zero-order valence-electron chi connectivity index (χ0n) is 4.90. The Kier molecular flexibility index (Phi) is 14.0. The van der Waals surface area contributed by atoms with Crippen molar-refractivity contribution in [3.05, 3.63) is 6.92 Å². The van der Waals surface area contributed by atoms with Crippen LogP contribution in [0, 0.1) is 19.3 Å².